The predicted octanol–water partition coefficient (Wildman–Crippen LogP) is 4.01. The molecular formula is C22H18F6N4O4S. The van der Waals surface area contributed by atoms with Crippen LogP contribution in [0, 0.1) is 23.3 Å². The molecule has 15 heteroatoms. The van der Waals surface area contributed by atoms with Crippen molar-refractivity contribution in [3.8, 4) is 11.1 Å². The zero-order chi connectivity index (χ0) is 26.9. The highest BCUT2D eigenvalue weighted by Crippen LogP contribution is 2.43. The SMILES string of the molecule is CCS(=O)(=O)N[C@@H]1CN2C(=O)N(c3noc4cc(F)cc(-c5c(F)cc(F)cc5F)c34)CC[C@@H]2C1(F)F. The Hall–Kier alpha value is -3.33. The number of rotatable bonds is 5. The highest BCUT2D eigenvalue weighted by molar-refractivity contribution is 7.89. The Balaban J connectivity index is 1.57. The van der Waals surface area contributed by atoms with Gasteiger partial charge in [-0.05, 0) is 19.4 Å². The molecular weight excluding hydrogens is 530 g/mol. The molecule has 0 saturated carbocycles. The minimum atomic E-state index is -4.01. The molecule has 198 valence electrons. The van der Waals surface area contributed by atoms with Gasteiger partial charge in [-0.2, -0.15) is 0 Å². The summed E-state index contributed by atoms with van der Waals surface area (Å²) in [7, 11) is -4.01. The monoisotopic (exact) mass is 548 g/mol. The van der Waals surface area contributed by atoms with Crippen molar-refractivity contribution in [1.82, 2.24) is 14.8 Å². The average Bonchev–Trinajstić information content (AvgIpc) is 3.32. The molecule has 2 aliphatic rings. The van der Waals surface area contributed by atoms with E-state index in [-0.39, 0.29) is 29.8 Å². The molecule has 2 aromatic carbocycles. The molecule has 8 nitrogen and oxygen atoms in total. The quantitative estimate of drug-likeness (QED) is 0.487. The van der Waals surface area contributed by atoms with Crippen LogP contribution < -0.4 is 9.62 Å². The average molecular weight is 548 g/mol. The standard InChI is InChI=1S/C22H18F6N4O4S/c1-2-37(34,35)30-16-9-32-17(22(16,27)28)3-4-31(21(32)33)20-19-12(5-10(23)8-15(19)36-29-20)18-13(25)6-11(24)7-14(18)26/h5-8,16-17,30H,2-4,9H2,1H3/t16-,17-/m1/s1. The van der Waals surface area contributed by atoms with Crippen molar-refractivity contribution in [1.29, 1.82) is 0 Å². The second-order valence-electron chi connectivity index (χ2n) is 8.72. The van der Waals surface area contributed by atoms with Gasteiger partial charge in [-0.1, -0.05) is 5.16 Å². The van der Waals surface area contributed by atoms with E-state index < -0.39 is 80.8 Å². The zero-order valence-electron chi connectivity index (χ0n) is 18.9. The summed E-state index contributed by atoms with van der Waals surface area (Å²) in [4.78, 5) is 15.0. The number of hydrogen-bond donors (Lipinski definition) is 1. The summed E-state index contributed by atoms with van der Waals surface area (Å²) in [5.74, 6) is -9.23. The van der Waals surface area contributed by atoms with E-state index in [1.54, 1.807) is 0 Å². The molecule has 3 aromatic rings. The zero-order valence-corrected chi connectivity index (χ0v) is 19.8. The van der Waals surface area contributed by atoms with Crippen molar-refractivity contribution in [2.75, 3.05) is 23.7 Å². The van der Waals surface area contributed by atoms with Crippen LogP contribution in [0.4, 0.5) is 37.0 Å². The summed E-state index contributed by atoms with van der Waals surface area (Å²) in [6.45, 7) is 0.291. The van der Waals surface area contributed by atoms with Gasteiger partial charge in [-0.15, -0.1) is 0 Å². The van der Waals surface area contributed by atoms with Crippen LogP contribution in [-0.2, 0) is 10.0 Å². The number of nitrogens with zero attached hydrogens (tertiary/aromatic N) is 3. The Morgan fingerprint density at radius 1 is 1.11 bits per heavy atom. The van der Waals surface area contributed by atoms with Crippen LogP contribution in [0.2, 0.25) is 0 Å². The van der Waals surface area contributed by atoms with Crippen molar-refractivity contribution in [3.05, 3.63) is 47.5 Å². The Kier molecular flexibility index (Phi) is 5.90. The molecule has 0 bridgehead atoms. The van der Waals surface area contributed by atoms with E-state index in [0.29, 0.717) is 12.1 Å². The lowest BCUT2D eigenvalue weighted by molar-refractivity contribution is -0.0448. The van der Waals surface area contributed by atoms with Crippen molar-refractivity contribution in [3.63, 3.8) is 0 Å². The van der Waals surface area contributed by atoms with Gasteiger partial charge < -0.3 is 9.42 Å². The fourth-order valence-corrected chi connectivity index (χ4v) is 5.60. The fourth-order valence-electron chi connectivity index (χ4n) is 4.76. The topological polar surface area (TPSA) is 95.8 Å². The Morgan fingerprint density at radius 2 is 1.76 bits per heavy atom. The van der Waals surface area contributed by atoms with Gasteiger partial charge in [0.25, 0.3) is 5.92 Å². The van der Waals surface area contributed by atoms with Gasteiger partial charge in [-0.3, -0.25) is 4.90 Å². The van der Waals surface area contributed by atoms with Crippen LogP contribution in [0.5, 0.6) is 0 Å². The number of nitrogens with one attached hydrogen (secondary N) is 1. The van der Waals surface area contributed by atoms with Crippen LogP contribution in [0.3, 0.4) is 0 Å². The minimum Gasteiger partial charge on any atom is -0.354 e. The highest BCUT2D eigenvalue weighted by atomic mass is 32.2. The van der Waals surface area contributed by atoms with E-state index in [2.05, 4.69) is 5.16 Å². The van der Waals surface area contributed by atoms with Crippen molar-refractivity contribution < 1.29 is 44.1 Å². The molecule has 0 radical (unpaired) electrons. The van der Waals surface area contributed by atoms with Crippen LogP contribution >= 0.6 is 0 Å². The summed E-state index contributed by atoms with van der Waals surface area (Å²) in [6.07, 6.45) is -0.312. The molecule has 2 aliphatic heterocycles. The third-order valence-corrected chi connectivity index (χ3v) is 7.93. The first kappa shape index (κ1) is 25.3. The van der Waals surface area contributed by atoms with Crippen molar-refractivity contribution in [2.45, 2.75) is 31.4 Å². The molecule has 2 amide bonds. The number of urea groups is 1. The summed E-state index contributed by atoms with van der Waals surface area (Å²) >= 11 is 0. The third-order valence-electron chi connectivity index (χ3n) is 6.52. The van der Waals surface area contributed by atoms with Gasteiger partial charge >= 0.3 is 6.03 Å². The third kappa shape index (κ3) is 4.09. The maximum atomic E-state index is 15.0. The lowest BCUT2D eigenvalue weighted by Crippen LogP contribution is -2.56. The van der Waals surface area contributed by atoms with E-state index in [1.807, 2.05) is 4.72 Å². The Morgan fingerprint density at radius 3 is 2.41 bits per heavy atom. The van der Waals surface area contributed by atoms with Gasteiger partial charge in [0, 0.05) is 36.9 Å². The minimum absolute atomic E-state index is 0.202. The number of aromatic nitrogens is 1. The summed E-state index contributed by atoms with van der Waals surface area (Å²) < 4.78 is 118. The van der Waals surface area contributed by atoms with Crippen molar-refractivity contribution in [2.24, 2.45) is 0 Å². The van der Waals surface area contributed by atoms with E-state index in [0.717, 1.165) is 21.9 Å². The molecule has 1 aromatic heterocycles. The van der Waals surface area contributed by atoms with Crippen LogP contribution in [0.25, 0.3) is 22.1 Å². The van der Waals surface area contributed by atoms with Gasteiger partial charge in [0.2, 0.25) is 10.0 Å². The van der Waals surface area contributed by atoms with E-state index in [9.17, 15) is 30.8 Å². The number of sulfonamides is 1. The van der Waals surface area contributed by atoms with Gasteiger partial charge in [0.15, 0.2) is 11.4 Å². The van der Waals surface area contributed by atoms with Crippen molar-refractivity contribution >= 4 is 32.8 Å². The molecule has 5 rings (SSSR count). The van der Waals surface area contributed by atoms with E-state index >= 15 is 8.78 Å². The number of amides is 2. The van der Waals surface area contributed by atoms with Crippen LogP contribution in [-0.4, -0.2) is 61.4 Å². The largest absolute Gasteiger partial charge is 0.354 e. The normalized spacial score (nSPS) is 21.6. The number of alkyl halides is 2. The molecule has 2 fully saturated rings. The van der Waals surface area contributed by atoms with E-state index in [4.69, 9.17) is 4.52 Å². The first-order valence-electron chi connectivity index (χ1n) is 11.0. The maximum absolute atomic E-state index is 15.0. The second kappa shape index (κ2) is 8.62. The molecule has 3 heterocycles. The second-order valence-corrected chi connectivity index (χ2v) is 10.8. The fraction of sp³-hybridized carbons (Fsp3) is 0.364. The highest BCUT2D eigenvalue weighted by Gasteiger charge is 2.60. The number of fused-ring (bicyclic) bond motifs is 2. The Bertz CT molecular complexity index is 1510. The molecule has 0 spiro atoms. The first-order valence-corrected chi connectivity index (χ1v) is 12.7. The number of halogens is 6. The molecule has 0 aliphatic carbocycles. The molecule has 37 heavy (non-hydrogen) atoms. The molecule has 0 unspecified atom stereocenters. The maximum Gasteiger partial charge on any atom is 0.326 e. The van der Waals surface area contributed by atoms with Gasteiger partial charge in [0.05, 0.1) is 16.7 Å². The van der Waals surface area contributed by atoms with Crippen LogP contribution in [0.15, 0.2) is 28.8 Å². The lowest BCUT2D eigenvalue weighted by Gasteiger charge is -2.37. The number of anilines is 1. The molecule has 2 atom stereocenters. The van der Waals surface area contributed by atoms with E-state index in [1.165, 1.54) is 6.92 Å². The Labute approximate surface area is 205 Å². The predicted molar refractivity (Wildman–Crippen MR) is 118 cm³/mol. The van der Waals surface area contributed by atoms with Gasteiger partial charge in [-0.25, -0.2) is 44.3 Å². The lowest BCUT2D eigenvalue weighted by atomic mass is 9.99. The number of carbonyl (C=O) groups excluding carboxylic acids is 1. The summed E-state index contributed by atoms with van der Waals surface area (Å²) in [5, 5.41) is 3.53. The summed E-state index contributed by atoms with van der Waals surface area (Å²) in [5.41, 5.74) is -1.54. The van der Waals surface area contributed by atoms with Gasteiger partial charge in [0.1, 0.15) is 35.4 Å². The first-order chi connectivity index (χ1) is 17.3. The van der Waals surface area contributed by atoms with Crippen LogP contribution in [0.1, 0.15) is 13.3 Å². The smallest absolute Gasteiger partial charge is 0.326 e. The summed E-state index contributed by atoms with van der Waals surface area (Å²) in [6, 6.07) is -2.09. The molecule has 2 saturated heterocycles. The number of benzene rings is 2. The molecule has 1 N–H and O–H groups in total. The number of carbonyl (C=O) groups is 1. The number of hydrogen-bond acceptors (Lipinski definition) is 5.